The molecule has 1 fully saturated rings. The van der Waals surface area contributed by atoms with Crippen LogP contribution in [-0.2, 0) is 4.79 Å². The Morgan fingerprint density at radius 1 is 1.38 bits per heavy atom. The van der Waals surface area contributed by atoms with Crippen molar-refractivity contribution in [2.45, 2.75) is 32.1 Å². The van der Waals surface area contributed by atoms with Crippen LogP contribution in [-0.4, -0.2) is 5.97 Å². The van der Waals surface area contributed by atoms with E-state index in [1.165, 1.54) is 19.3 Å². The molecule has 0 aromatic rings. The number of hydrogen-bond donors (Lipinski definition) is 0. The molecular weight excluding hydrogens is 164 g/mol. The first-order valence-electron chi connectivity index (χ1n) is 5.14. The van der Waals surface area contributed by atoms with Crippen LogP contribution < -0.4 is 5.11 Å². The van der Waals surface area contributed by atoms with E-state index < -0.39 is 5.97 Å². The molecule has 72 valence electrons. The van der Waals surface area contributed by atoms with Gasteiger partial charge in [-0.15, -0.1) is 0 Å². The van der Waals surface area contributed by atoms with E-state index in [1.807, 2.05) is 0 Å². The summed E-state index contributed by atoms with van der Waals surface area (Å²) in [5.74, 6) is 1.10. The number of carbonyl (C=O) groups is 1. The Morgan fingerprint density at radius 3 is 2.69 bits per heavy atom. The molecule has 0 spiro atoms. The maximum absolute atomic E-state index is 10.3. The van der Waals surface area contributed by atoms with Crippen LogP contribution in [0.4, 0.5) is 0 Å². The second-order valence-electron chi connectivity index (χ2n) is 4.29. The van der Waals surface area contributed by atoms with Gasteiger partial charge in [-0.1, -0.05) is 12.2 Å². The van der Waals surface area contributed by atoms with Crippen molar-refractivity contribution in [1.29, 1.82) is 0 Å². The van der Waals surface area contributed by atoms with Crippen molar-refractivity contribution in [2.24, 2.45) is 17.8 Å². The van der Waals surface area contributed by atoms with Crippen molar-refractivity contribution in [3.63, 3.8) is 0 Å². The third kappa shape index (κ3) is 1.93. The fourth-order valence-corrected chi connectivity index (χ4v) is 2.69. The molecule has 0 N–H and O–H groups in total. The highest BCUT2D eigenvalue weighted by Gasteiger charge is 2.31. The number of carboxylic acid groups (broad SMARTS) is 1. The van der Waals surface area contributed by atoms with Crippen LogP contribution in [0, 0.1) is 17.8 Å². The normalized spacial score (nSPS) is 36.5. The average Bonchev–Trinajstić information content (AvgIpc) is 2.17. The second-order valence-corrected chi connectivity index (χ2v) is 4.29. The molecule has 0 radical (unpaired) electrons. The van der Waals surface area contributed by atoms with Gasteiger partial charge in [0.1, 0.15) is 0 Å². The minimum atomic E-state index is -0.898. The van der Waals surface area contributed by atoms with E-state index in [9.17, 15) is 9.90 Å². The average molecular weight is 179 g/mol. The number of carboxylic acids is 1. The molecule has 13 heavy (non-hydrogen) atoms. The van der Waals surface area contributed by atoms with Gasteiger partial charge in [0.15, 0.2) is 0 Å². The van der Waals surface area contributed by atoms with Gasteiger partial charge in [0.05, 0.1) is 0 Å². The fraction of sp³-hybridized carbons (Fsp3) is 0.727. The third-order valence-electron chi connectivity index (χ3n) is 3.43. The minimum Gasteiger partial charge on any atom is -0.550 e. The van der Waals surface area contributed by atoms with Crippen LogP contribution in [0.2, 0.25) is 0 Å². The largest absolute Gasteiger partial charge is 0.550 e. The quantitative estimate of drug-likeness (QED) is 0.609. The van der Waals surface area contributed by atoms with Crippen molar-refractivity contribution < 1.29 is 9.90 Å². The Hall–Kier alpha value is -0.790. The summed E-state index contributed by atoms with van der Waals surface area (Å²) in [4.78, 5) is 10.3. The molecule has 0 aromatic heterocycles. The van der Waals surface area contributed by atoms with Crippen LogP contribution in [0.15, 0.2) is 12.2 Å². The SMILES string of the molecule is O=C([O-])CCC1CC2C=CC1CC2. The van der Waals surface area contributed by atoms with Crippen LogP contribution in [0.1, 0.15) is 32.1 Å². The topological polar surface area (TPSA) is 40.1 Å². The van der Waals surface area contributed by atoms with Gasteiger partial charge in [-0.2, -0.15) is 0 Å². The molecule has 0 saturated heterocycles. The number of aliphatic carboxylic acids is 1. The van der Waals surface area contributed by atoms with Gasteiger partial charge in [0, 0.05) is 5.97 Å². The summed E-state index contributed by atoms with van der Waals surface area (Å²) >= 11 is 0. The van der Waals surface area contributed by atoms with E-state index in [-0.39, 0.29) is 6.42 Å². The molecule has 0 heterocycles. The number of allylic oxidation sites excluding steroid dienone is 2. The molecule has 2 bridgehead atoms. The fourth-order valence-electron chi connectivity index (χ4n) is 2.69. The molecule has 3 aliphatic rings. The van der Waals surface area contributed by atoms with E-state index in [0.29, 0.717) is 11.8 Å². The lowest BCUT2D eigenvalue weighted by Crippen LogP contribution is -2.29. The molecule has 3 unspecified atom stereocenters. The maximum atomic E-state index is 10.3. The molecular formula is C11H15O2-. The summed E-state index contributed by atoms with van der Waals surface area (Å²) in [6.07, 6.45) is 9.42. The Morgan fingerprint density at radius 2 is 2.23 bits per heavy atom. The summed E-state index contributed by atoms with van der Waals surface area (Å²) in [6.45, 7) is 0. The van der Waals surface area contributed by atoms with Gasteiger partial charge in [-0.3, -0.25) is 0 Å². The highest BCUT2D eigenvalue weighted by atomic mass is 16.4. The lowest BCUT2D eigenvalue weighted by Gasteiger charge is -2.38. The Labute approximate surface area is 78.6 Å². The molecule has 2 nitrogen and oxygen atoms in total. The van der Waals surface area contributed by atoms with E-state index in [0.717, 1.165) is 12.3 Å². The predicted octanol–water partition coefficient (Wildman–Crippen LogP) is 1.12. The van der Waals surface area contributed by atoms with Gasteiger partial charge in [0.2, 0.25) is 0 Å². The van der Waals surface area contributed by atoms with Gasteiger partial charge in [-0.25, -0.2) is 0 Å². The van der Waals surface area contributed by atoms with Gasteiger partial charge >= 0.3 is 0 Å². The lowest BCUT2D eigenvalue weighted by atomic mass is 9.68. The zero-order valence-electron chi connectivity index (χ0n) is 7.74. The minimum absolute atomic E-state index is 0.238. The van der Waals surface area contributed by atoms with Gasteiger partial charge in [-0.05, 0) is 49.9 Å². The number of carbonyl (C=O) groups excluding carboxylic acids is 1. The summed E-state index contributed by atoms with van der Waals surface area (Å²) in [5, 5.41) is 10.3. The van der Waals surface area contributed by atoms with Crippen LogP contribution in [0.25, 0.3) is 0 Å². The first-order valence-corrected chi connectivity index (χ1v) is 5.14. The molecule has 3 atom stereocenters. The molecule has 0 aliphatic heterocycles. The van der Waals surface area contributed by atoms with Crippen molar-refractivity contribution in [2.75, 3.05) is 0 Å². The zero-order chi connectivity index (χ0) is 9.26. The number of fused-ring (bicyclic) bond motifs is 2. The van der Waals surface area contributed by atoms with Crippen molar-refractivity contribution in [1.82, 2.24) is 0 Å². The Balaban J connectivity index is 1.88. The van der Waals surface area contributed by atoms with Crippen LogP contribution in [0.5, 0.6) is 0 Å². The summed E-state index contributed by atoms with van der Waals surface area (Å²) in [5.41, 5.74) is 0. The van der Waals surface area contributed by atoms with E-state index in [2.05, 4.69) is 12.2 Å². The highest BCUT2D eigenvalue weighted by Crippen LogP contribution is 2.42. The number of hydrogen-bond acceptors (Lipinski definition) is 2. The molecule has 3 rings (SSSR count). The summed E-state index contributed by atoms with van der Waals surface area (Å²) in [6, 6.07) is 0. The molecule has 0 amide bonds. The van der Waals surface area contributed by atoms with Crippen molar-refractivity contribution in [3.8, 4) is 0 Å². The molecule has 1 saturated carbocycles. The highest BCUT2D eigenvalue weighted by molar-refractivity contribution is 5.64. The molecule has 2 heteroatoms. The molecule has 0 aromatic carbocycles. The van der Waals surface area contributed by atoms with E-state index >= 15 is 0 Å². The summed E-state index contributed by atoms with van der Waals surface area (Å²) in [7, 11) is 0. The van der Waals surface area contributed by atoms with E-state index in [4.69, 9.17) is 0 Å². The smallest absolute Gasteiger partial charge is 0.0414 e. The monoisotopic (exact) mass is 179 g/mol. The maximum Gasteiger partial charge on any atom is 0.0414 e. The Bertz CT molecular complexity index is 232. The van der Waals surface area contributed by atoms with Gasteiger partial charge in [0.25, 0.3) is 0 Å². The lowest BCUT2D eigenvalue weighted by molar-refractivity contribution is -0.306. The zero-order valence-corrected chi connectivity index (χ0v) is 7.74. The standard InChI is InChI=1S/C11H16O2/c12-11(13)6-5-10-7-8-1-3-9(10)4-2-8/h1,3,8-10H,2,4-7H2,(H,12,13)/p-1. The first kappa shape index (κ1) is 8.79. The summed E-state index contributed by atoms with van der Waals surface area (Å²) < 4.78 is 0. The molecule has 3 aliphatic carbocycles. The van der Waals surface area contributed by atoms with E-state index in [1.54, 1.807) is 0 Å². The van der Waals surface area contributed by atoms with Crippen LogP contribution in [0.3, 0.4) is 0 Å². The first-order chi connectivity index (χ1) is 6.25. The third-order valence-corrected chi connectivity index (χ3v) is 3.43. The second kappa shape index (κ2) is 3.52. The van der Waals surface area contributed by atoms with Crippen LogP contribution >= 0.6 is 0 Å². The Kier molecular flexibility index (Phi) is 2.38. The predicted molar refractivity (Wildman–Crippen MR) is 47.7 cm³/mol. The van der Waals surface area contributed by atoms with Gasteiger partial charge < -0.3 is 9.90 Å². The van der Waals surface area contributed by atoms with Crippen molar-refractivity contribution >= 4 is 5.97 Å². The van der Waals surface area contributed by atoms with Crippen molar-refractivity contribution in [3.05, 3.63) is 12.2 Å². The number of rotatable bonds is 3.